The number of benzene rings is 13. The van der Waals surface area contributed by atoms with E-state index in [4.69, 9.17) is 4.85 Å². The Morgan fingerprint density at radius 3 is 0.808 bits per heavy atom. The van der Waals surface area contributed by atoms with Crippen molar-refractivity contribution in [1.29, 1.82) is 5.26 Å². The number of para-hydroxylation sites is 4. The Hall–Kier alpha value is -10.9. The summed E-state index contributed by atoms with van der Waals surface area (Å²) in [5, 5.41) is 29.9. The first kappa shape index (κ1) is 42.4. The number of fused-ring (bicyclic) bond motifs is 16. The van der Waals surface area contributed by atoms with Crippen LogP contribution in [0.3, 0.4) is 0 Å². The minimum atomic E-state index is 0.256. The predicted molar refractivity (Wildman–Crippen MR) is 325 cm³/mol. The van der Waals surface area contributed by atoms with Crippen molar-refractivity contribution in [1.82, 2.24) is 18.3 Å². The van der Waals surface area contributed by atoms with Gasteiger partial charge in [-0.25, -0.2) is 4.85 Å². The average Bonchev–Trinajstić information content (AvgIpc) is 4.23. The van der Waals surface area contributed by atoms with Gasteiger partial charge in [0.15, 0.2) is 0 Å². The third-order valence-corrected chi connectivity index (χ3v) is 16.6. The SMILES string of the molecule is [C-]#[N+]c1c(C#N)c(-n2c3ccccc3c3cc4ccccc4cc32)c(-n2c3ccccc3c3cc4ccccc4cc32)c(-n2c3ccccc3c3cc4ccccc4cc32)c1-n1c2ccccc2c2cc3ccccc3cc21. The Morgan fingerprint density at radius 2 is 0.513 bits per heavy atom. The average molecular weight is 989 g/mol. The molecule has 0 atom stereocenters. The Labute approximate surface area is 445 Å². The normalized spacial score (nSPS) is 12.1. The number of nitriles is 1. The highest BCUT2D eigenvalue weighted by Gasteiger charge is 2.35. The standard InChI is InChI=1S/C72H40N6/c1-74-68-59(42-73)69(75-60-30-14-10-26-51(60)55-34-43-18-2-6-22-47(43)38-64(55)75)71(77-62-32-16-12-28-53(62)57-36-45-20-4-8-24-49(45)40-66(57)77)72(78-63-33-17-13-29-54(63)58-37-46-21-5-9-25-50(46)41-67(58)78)70(68)76-61-31-15-11-27-52(61)56-35-44-19-3-7-23-48(44)39-65(56)76/h2-41H. The predicted octanol–water partition coefficient (Wildman–Crippen LogP) is 19.1. The molecule has 358 valence electrons. The van der Waals surface area contributed by atoms with Gasteiger partial charge in [-0.05, 0) is 116 Å². The highest BCUT2D eigenvalue weighted by molar-refractivity contribution is 6.21. The molecule has 0 aliphatic carbocycles. The summed E-state index contributed by atoms with van der Waals surface area (Å²) in [5.41, 5.74) is 11.0. The van der Waals surface area contributed by atoms with Crippen molar-refractivity contribution < 1.29 is 0 Å². The van der Waals surface area contributed by atoms with E-state index < -0.39 is 0 Å². The monoisotopic (exact) mass is 988 g/mol. The maximum Gasteiger partial charge on any atom is 0.232 e. The first-order chi connectivity index (χ1) is 38.6. The van der Waals surface area contributed by atoms with Gasteiger partial charge in [0.1, 0.15) is 0 Å². The summed E-state index contributed by atoms with van der Waals surface area (Å²) in [6.45, 7) is 9.72. The van der Waals surface area contributed by atoms with Crippen molar-refractivity contribution in [3.8, 4) is 28.8 Å². The summed E-state index contributed by atoms with van der Waals surface area (Å²) in [6.07, 6.45) is 0. The van der Waals surface area contributed by atoms with Gasteiger partial charge in [-0.2, -0.15) is 5.26 Å². The van der Waals surface area contributed by atoms with Crippen LogP contribution >= 0.6 is 0 Å². The van der Waals surface area contributed by atoms with Crippen LogP contribution in [-0.2, 0) is 0 Å². The topological polar surface area (TPSA) is 47.9 Å². The van der Waals surface area contributed by atoms with Crippen molar-refractivity contribution in [3.63, 3.8) is 0 Å². The fraction of sp³-hybridized carbons (Fsp3) is 0. The minimum absolute atomic E-state index is 0.256. The number of rotatable bonds is 4. The van der Waals surface area contributed by atoms with Crippen LogP contribution in [0.1, 0.15) is 5.56 Å². The first-order valence-electron chi connectivity index (χ1n) is 26.3. The van der Waals surface area contributed by atoms with E-state index in [0.717, 1.165) is 142 Å². The van der Waals surface area contributed by atoms with Gasteiger partial charge in [-0.1, -0.05) is 170 Å². The fourth-order valence-corrected chi connectivity index (χ4v) is 13.3. The molecule has 0 aliphatic rings. The van der Waals surface area contributed by atoms with Gasteiger partial charge in [0.05, 0.1) is 85.1 Å². The van der Waals surface area contributed by atoms with E-state index in [1.165, 1.54) is 0 Å². The number of hydrogen-bond donors (Lipinski definition) is 0. The second-order valence-corrected chi connectivity index (χ2v) is 20.6. The van der Waals surface area contributed by atoms with E-state index in [1.54, 1.807) is 0 Å². The summed E-state index contributed by atoms with van der Waals surface area (Å²) in [5.74, 6) is 0. The molecule has 0 aliphatic heterocycles. The molecule has 17 aromatic rings. The number of nitrogens with zero attached hydrogens (tertiary/aromatic N) is 6. The molecule has 0 saturated carbocycles. The van der Waals surface area contributed by atoms with Gasteiger partial charge in [0.2, 0.25) is 5.69 Å². The molecule has 0 fully saturated rings. The van der Waals surface area contributed by atoms with Gasteiger partial charge >= 0.3 is 0 Å². The van der Waals surface area contributed by atoms with E-state index in [0.29, 0.717) is 11.4 Å². The molecule has 4 aromatic heterocycles. The Kier molecular flexibility index (Phi) is 8.60. The smallest absolute Gasteiger partial charge is 0.232 e. The maximum atomic E-state index is 12.5. The van der Waals surface area contributed by atoms with Crippen LogP contribution in [0.2, 0.25) is 0 Å². The fourth-order valence-electron chi connectivity index (χ4n) is 13.3. The van der Waals surface area contributed by atoms with E-state index in [-0.39, 0.29) is 11.3 Å². The third-order valence-electron chi connectivity index (χ3n) is 16.6. The highest BCUT2D eigenvalue weighted by Crippen LogP contribution is 2.52. The minimum Gasteiger partial charge on any atom is -0.317 e. The summed E-state index contributed by atoms with van der Waals surface area (Å²) >= 11 is 0. The molecule has 0 unspecified atom stereocenters. The van der Waals surface area contributed by atoms with E-state index in [9.17, 15) is 11.8 Å². The van der Waals surface area contributed by atoms with Crippen molar-refractivity contribution in [3.05, 3.63) is 260 Å². The molecular weight excluding hydrogens is 949 g/mol. The van der Waals surface area contributed by atoms with Crippen molar-refractivity contribution in [2.24, 2.45) is 0 Å². The molecule has 17 rings (SSSR count). The zero-order chi connectivity index (χ0) is 51.3. The molecule has 0 radical (unpaired) electrons. The largest absolute Gasteiger partial charge is 0.317 e. The van der Waals surface area contributed by atoms with Crippen LogP contribution in [0.5, 0.6) is 0 Å². The number of aromatic nitrogens is 4. The summed E-state index contributed by atoms with van der Waals surface area (Å²) in [7, 11) is 0. The second-order valence-electron chi connectivity index (χ2n) is 20.6. The third kappa shape index (κ3) is 5.67. The Morgan fingerprint density at radius 1 is 0.269 bits per heavy atom. The molecule has 78 heavy (non-hydrogen) atoms. The molecule has 13 aromatic carbocycles. The summed E-state index contributed by atoms with van der Waals surface area (Å²) in [4.78, 5) is 4.69. The van der Waals surface area contributed by atoms with Gasteiger partial charge in [-0.3, -0.25) is 0 Å². The lowest BCUT2D eigenvalue weighted by Crippen LogP contribution is -2.15. The van der Waals surface area contributed by atoms with Crippen molar-refractivity contribution >= 4 is 136 Å². The van der Waals surface area contributed by atoms with Gasteiger partial charge in [0, 0.05) is 43.1 Å². The molecule has 0 saturated heterocycles. The zero-order valence-corrected chi connectivity index (χ0v) is 41.8. The lowest BCUT2D eigenvalue weighted by atomic mass is 10.0. The zero-order valence-electron chi connectivity index (χ0n) is 41.8. The quantitative estimate of drug-likeness (QED) is 0.162. The molecule has 4 heterocycles. The first-order valence-corrected chi connectivity index (χ1v) is 26.3. The molecular formula is C72H40N6. The lowest BCUT2D eigenvalue weighted by molar-refractivity contribution is 1.02. The van der Waals surface area contributed by atoms with Gasteiger partial charge < -0.3 is 18.3 Å². The van der Waals surface area contributed by atoms with E-state index >= 15 is 0 Å². The lowest BCUT2D eigenvalue weighted by Gasteiger charge is -2.28. The van der Waals surface area contributed by atoms with Crippen LogP contribution in [0, 0.1) is 17.9 Å². The molecule has 0 amide bonds. The van der Waals surface area contributed by atoms with Crippen molar-refractivity contribution in [2.45, 2.75) is 0 Å². The molecule has 0 spiro atoms. The highest BCUT2D eigenvalue weighted by atomic mass is 15.2. The Bertz CT molecular complexity index is 5260. The molecule has 6 heteroatoms. The van der Waals surface area contributed by atoms with Crippen LogP contribution < -0.4 is 0 Å². The molecule has 0 bridgehead atoms. The van der Waals surface area contributed by atoms with Gasteiger partial charge in [0.25, 0.3) is 0 Å². The number of hydrogen-bond acceptors (Lipinski definition) is 1. The summed E-state index contributed by atoms with van der Waals surface area (Å²) in [6, 6.07) is 89.8. The van der Waals surface area contributed by atoms with Crippen LogP contribution in [0.4, 0.5) is 5.69 Å². The van der Waals surface area contributed by atoms with E-state index in [1.807, 2.05) is 0 Å². The van der Waals surface area contributed by atoms with Gasteiger partial charge in [-0.15, -0.1) is 0 Å². The van der Waals surface area contributed by atoms with Crippen LogP contribution in [0.15, 0.2) is 243 Å². The second kappa shape index (κ2) is 15.8. The molecule has 0 N–H and O–H groups in total. The summed E-state index contributed by atoms with van der Waals surface area (Å²) < 4.78 is 9.45. The van der Waals surface area contributed by atoms with Crippen LogP contribution in [0.25, 0.3) is 158 Å². The van der Waals surface area contributed by atoms with Crippen molar-refractivity contribution in [2.75, 3.05) is 0 Å². The maximum absolute atomic E-state index is 12.5. The van der Waals surface area contributed by atoms with Crippen LogP contribution in [-0.4, -0.2) is 18.3 Å². The van der Waals surface area contributed by atoms with E-state index in [2.05, 4.69) is 267 Å². The molecule has 6 nitrogen and oxygen atoms in total. The Balaban J connectivity index is 1.22.